The minimum absolute atomic E-state index is 0.0507. The topological polar surface area (TPSA) is 54.9 Å². The molecule has 1 heterocycles. The molecule has 0 bridgehead atoms. The maximum absolute atomic E-state index is 12.2. The highest BCUT2D eigenvalue weighted by Crippen LogP contribution is 2.29. The van der Waals surface area contributed by atoms with E-state index in [4.69, 9.17) is 23.2 Å². The molecule has 0 aliphatic rings. The van der Waals surface area contributed by atoms with Crippen LogP contribution in [-0.2, 0) is 0 Å². The van der Waals surface area contributed by atoms with Crippen molar-refractivity contribution in [1.82, 2.24) is 15.3 Å². The standard InChI is InChI=1S/C17H15Cl2N3O/c1-4-10(2)11(3)21-17(23)16-20-8-7-15(22-16)13-9-12(18)5-6-14(13)19/h4-9H,1H2,2-3H3,(H,21,23)/b11-10+. The van der Waals surface area contributed by atoms with Crippen molar-refractivity contribution in [1.29, 1.82) is 0 Å². The summed E-state index contributed by atoms with van der Waals surface area (Å²) in [5, 5.41) is 3.77. The second kappa shape index (κ2) is 7.40. The smallest absolute Gasteiger partial charge is 0.293 e. The molecule has 118 valence electrons. The summed E-state index contributed by atoms with van der Waals surface area (Å²) in [5.74, 6) is -0.349. The van der Waals surface area contributed by atoms with Crippen LogP contribution in [-0.4, -0.2) is 15.9 Å². The third-order valence-electron chi connectivity index (χ3n) is 3.26. The monoisotopic (exact) mass is 347 g/mol. The van der Waals surface area contributed by atoms with E-state index in [-0.39, 0.29) is 5.82 Å². The summed E-state index contributed by atoms with van der Waals surface area (Å²) in [6.07, 6.45) is 3.17. The summed E-state index contributed by atoms with van der Waals surface area (Å²) in [6.45, 7) is 7.30. The predicted molar refractivity (Wildman–Crippen MR) is 93.5 cm³/mol. The highest BCUT2D eigenvalue weighted by Gasteiger charge is 2.13. The number of nitrogens with one attached hydrogen (secondary N) is 1. The maximum atomic E-state index is 12.2. The van der Waals surface area contributed by atoms with E-state index in [1.807, 2.05) is 6.92 Å². The molecule has 0 aliphatic carbocycles. The van der Waals surface area contributed by atoms with Gasteiger partial charge in [-0.1, -0.05) is 35.9 Å². The number of benzene rings is 1. The second-order valence-electron chi connectivity index (χ2n) is 4.86. The normalized spacial score (nSPS) is 11.7. The number of amides is 1. The van der Waals surface area contributed by atoms with Gasteiger partial charge < -0.3 is 5.32 Å². The first-order chi connectivity index (χ1) is 10.9. The van der Waals surface area contributed by atoms with Crippen molar-refractivity contribution in [3.8, 4) is 11.3 Å². The van der Waals surface area contributed by atoms with Gasteiger partial charge >= 0.3 is 0 Å². The van der Waals surface area contributed by atoms with Crippen LogP contribution in [0.1, 0.15) is 24.5 Å². The lowest BCUT2D eigenvalue weighted by molar-refractivity contribution is 0.0955. The van der Waals surface area contributed by atoms with Crippen molar-refractivity contribution in [3.05, 3.63) is 70.3 Å². The van der Waals surface area contributed by atoms with Gasteiger partial charge in [-0.3, -0.25) is 4.79 Å². The lowest BCUT2D eigenvalue weighted by Crippen LogP contribution is -2.24. The number of halogens is 2. The quantitative estimate of drug-likeness (QED) is 0.818. The average Bonchev–Trinajstić information content (AvgIpc) is 2.56. The van der Waals surface area contributed by atoms with Gasteiger partial charge in [0.1, 0.15) is 0 Å². The fraction of sp³-hybridized carbons (Fsp3) is 0.118. The molecule has 0 saturated heterocycles. The number of rotatable bonds is 4. The van der Waals surface area contributed by atoms with Gasteiger partial charge in [-0.25, -0.2) is 9.97 Å². The molecule has 2 rings (SSSR count). The summed E-state index contributed by atoms with van der Waals surface area (Å²) >= 11 is 12.2. The number of aromatic nitrogens is 2. The molecule has 0 spiro atoms. The third-order valence-corrected chi connectivity index (χ3v) is 3.83. The van der Waals surface area contributed by atoms with Gasteiger partial charge in [-0.05, 0) is 43.7 Å². The Kier molecular flexibility index (Phi) is 5.53. The fourth-order valence-electron chi connectivity index (χ4n) is 1.79. The van der Waals surface area contributed by atoms with Crippen molar-refractivity contribution in [2.24, 2.45) is 0 Å². The Labute approximate surface area is 144 Å². The van der Waals surface area contributed by atoms with E-state index in [9.17, 15) is 4.79 Å². The summed E-state index contributed by atoms with van der Waals surface area (Å²) in [7, 11) is 0. The number of nitrogens with zero attached hydrogens (tertiary/aromatic N) is 2. The first-order valence-electron chi connectivity index (χ1n) is 6.82. The Balaban J connectivity index is 2.35. The van der Waals surface area contributed by atoms with Gasteiger partial charge in [0.25, 0.3) is 5.91 Å². The van der Waals surface area contributed by atoms with Crippen molar-refractivity contribution in [2.45, 2.75) is 13.8 Å². The average molecular weight is 348 g/mol. The lowest BCUT2D eigenvalue weighted by Gasteiger charge is -2.08. The SMILES string of the molecule is C=C/C(C)=C(\C)NC(=O)c1nccc(-c2cc(Cl)ccc2Cl)n1. The minimum Gasteiger partial charge on any atom is -0.323 e. The summed E-state index contributed by atoms with van der Waals surface area (Å²) in [6, 6.07) is 6.74. The molecular weight excluding hydrogens is 333 g/mol. The second-order valence-corrected chi connectivity index (χ2v) is 5.70. The zero-order valence-corrected chi connectivity index (χ0v) is 14.2. The molecule has 0 atom stereocenters. The Morgan fingerprint density at radius 3 is 2.70 bits per heavy atom. The molecular formula is C17H15Cl2N3O. The van der Waals surface area contributed by atoms with Crippen LogP contribution in [0.15, 0.2) is 54.4 Å². The van der Waals surface area contributed by atoms with Crippen molar-refractivity contribution in [2.75, 3.05) is 0 Å². The zero-order chi connectivity index (χ0) is 17.0. The Morgan fingerprint density at radius 2 is 2.00 bits per heavy atom. The van der Waals surface area contributed by atoms with Crippen LogP contribution in [0.5, 0.6) is 0 Å². The number of hydrogen-bond donors (Lipinski definition) is 1. The summed E-state index contributed by atoms with van der Waals surface area (Å²) in [5.41, 5.74) is 2.73. The summed E-state index contributed by atoms with van der Waals surface area (Å²) in [4.78, 5) is 20.5. The van der Waals surface area contributed by atoms with Crippen LogP contribution < -0.4 is 5.32 Å². The molecule has 1 aromatic carbocycles. The molecule has 6 heteroatoms. The first-order valence-corrected chi connectivity index (χ1v) is 7.57. The molecule has 0 fully saturated rings. The van der Waals surface area contributed by atoms with Gasteiger partial charge in [0, 0.05) is 22.5 Å². The van der Waals surface area contributed by atoms with E-state index >= 15 is 0 Å². The highest BCUT2D eigenvalue weighted by molar-refractivity contribution is 6.35. The van der Waals surface area contributed by atoms with E-state index in [1.54, 1.807) is 37.3 Å². The Hall–Kier alpha value is -2.17. The van der Waals surface area contributed by atoms with E-state index in [1.165, 1.54) is 6.20 Å². The minimum atomic E-state index is -0.399. The fourth-order valence-corrected chi connectivity index (χ4v) is 2.18. The molecule has 4 nitrogen and oxygen atoms in total. The maximum Gasteiger partial charge on any atom is 0.293 e. The van der Waals surface area contributed by atoms with Crippen LogP contribution in [0, 0.1) is 0 Å². The molecule has 0 unspecified atom stereocenters. The lowest BCUT2D eigenvalue weighted by atomic mass is 10.1. The van der Waals surface area contributed by atoms with Crippen molar-refractivity contribution in [3.63, 3.8) is 0 Å². The predicted octanol–water partition coefficient (Wildman–Crippen LogP) is 4.66. The number of allylic oxidation sites excluding steroid dienone is 3. The van der Waals surface area contributed by atoms with E-state index in [0.29, 0.717) is 27.0 Å². The molecule has 0 aliphatic heterocycles. The van der Waals surface area contributed by atoms with Crippen LogP contribution in [0.3, 0.4) is 0 Å². The van der Waals surface area contributed by atoms with Gasteiger partial charge in [-0.15, -0.1) is 0 Å². The molecule has 1 amide bonds. The Bertz CT molecular complexity index is 800. The molecule has 1 aromatic heterocycles. The highest BCUT2D eigenvalue weighted by atomic mass is 35.5. The van der Waals surface area contributed by atoms with Crippen molar-refractivity contribution < 1.29 is 4.79 Å². The largest absolute Gasteiger partial charge is 0.323 e. The molecule has 0 radical (unpaired) electrons. The van der Waals surface area contributed by atoms with Crippen LogP contribution in [0.2, 0.25) is 10.0 Å². The first kappa shape index (κ1) is 17.2. The van der Waals surface area contributed by atoms with Gasteiger partial charge in [0.15, 0.2) is 0 Å². The van der Waals surface area contributed by atoms with Crippen LogP contribution in [0.4, 0.5) is 0 Å². The van der Waals surface area contributed by atoms with Crippen molar-refractivity contribution >= 4 is 29.1 Å². The van der Waals surface area contributed by atoms with Gasteiger partial charge in [0.05, 0.1) is 10.7 Å². The zero-order valence-electron chi connectivity index (χ0n) is 12.7. The van der Waals surface area contributed by atoms with Crippen LogP contribution >= 0.6 is 23.2 Å². The molecule has 0 saturated carbocycles. The van der Waals surface area contributed by atoms with Crippen LogP contribution in [0.25, 0.3) is 11.3 Å². The van der Waals surface area contributed by atoms with E-state index < -0.39 is 5.91 Å². The number of carbonyl (C=O) groups is 1. The molecule has 1 N–H and O–H groups in total. The van der Waals surface area contributed by atoms with Gasteiger partial charge in [0.2, 0.25) is 5.82 Å². The third kappa shape index (κ3) is 4.18. The molecule has 23 heavy (non-hydrogen) atoms. The Morgan fingerprint density at radius 1 is 1.26 bits per heavy atom. The summed E-state index contributed by atoms with van der Waals surface area (Å²) < 4.78 is 0. The van der Waals surface area contributed by atoms with E-state index in [2.05, 4.69) is 21.9 Å². The molecule has 2 aromatic rings. The number of carbonyl (C=O) groups excluding carboxylic acids is 1. The van der Waals surface area contributed by atoms with E-state index in [0.717, 1.165) is 5.57 Å². The number of hydrogen-bond acceptors (Lipinski definition) is 3. The van der Waals surface area contributed by atoms with Gasteiger partial charge in [-0.2, -0.15) is 0 Å².